The van der Waals surface area contributed by atoms with E-state index in [0.29, 0.717) is 0 Å². The summed E-state index contributed by atoms with van der Waals surface area (Å²) < 4.78 is 49.4. The number of aliphatic hydroxyl groups excluding tert-OH is 9. The molecular weight excluding hydrogens is 1270 g/mol. The first-order valence-corrected chi connectivity index (χ1v) is 27.4. The molecule has 3 aromatic rings. The van der Waals surface area contributed by atoms with Gasteiger partial charge in [-0.25, -0.2) is 24.1 Å². The van der Waals surface area contributed by atoms with E-state index in [1.165, 1.54) is 18.2 Å². The van der Waals surface area contributed by atoms with E-state index < -0.39 is 246 Å². The van der Waals surface area contributed by atoms with E-state index in [1.54, 1.807) is 0 Å². The highest BCUT2D eigenvalue weighted by molar-refractivity contribution is 5.93. The Balaban J connectivity index is 1.14. The van der Waals surface area contributed by atoms with E-state index in [0.717, 1.165) is 72.8 Å². The molecule has 3 saturated heterocycles. The molecule has 1 aliphatic carbocycles. The fraction of sp³-hybridized carbons (Fsp3) is 0.362. The van der Waals surface area contributed by atoms with Crippen molar-refractivity contribution in [1.82, 2.24) is 0 Å². The minimum atomic E-state index is -2.81. The number of fused-ring (bicyclic) bond motifs is 1. The normalized spacial score (nSPS) is 26.9. The first-order chi connectivity index (χ1) is 44.4. The van der Waals surface area contributed by atoms with E-state index in [9.17, 15) is 120 Å². The Morgan fingerprint density at radius 3 is 1.71 bits per heavy atom. The number of carbonyl (C=O) groups excluding carboxylic acids is 4. The molecule has 17 atom stereocenters. The van der Waals surface area contributed by atoms with Gasteiger partial charge in [0, 0.05) is 35.4 Å². The van der Waals surface area contributed by atoms with Gasteiger partial charge in [-0.1, -0.05) is 12.1 Å². The Morgan fingerprint density at radius 1 is 0.553 bits per heavy atom. The molecule has 0 radical (unpaired) electrons. The predicted molar refractivity (Wildman–Crippen MR) is 298 cm³/mol. The summed E-state index contributed by atoms with van der Waals surface area (Å²) in [6, 6.07) is 11.2. The molecule has 36 heteroatoms. The van der Waals surface area contributed by atoms with Crippen LogP contribution in [0.4, 0.5) is 0 Å². The fourth-order valence-corrected chi connectivity index (χ4v) is 9.44. The molecule has 0 spiro atoms. The highest BCUT2D eigenvalue weighted by Crippen LogP contribution is 2.46. The summed E-state index contributed by atoms with van der Waals surface area (Å²) in [5.41, 5.74) is -2.22. The summed E-state index contributed by atoms with van der Waals surface area (Å²) in [4.78, 5) is 99.7. The molecular formula is C58H58O36. The van der Waals surface area contributed by atoms with Crippen LogP contribution in [-0.4, -0.2) is 246 Å². The van der Waals surface area contributed by atoms with E-state index in [1.807, 2.05) is 0 Å². The third-order valence-electron chi connectivity index (χ3n) is 14.4. The third-order valence-corrected chi connectivity index (χ3v) is 14.4. The molecule has 0 amide bonds. The zero-order chi connectivity index (χ0) is 68.7. The third kappa shape index (κ3) is 16.2. The second kappa shape index (κ2) is 29.9. The van der Waals surface area contributed by atoms with Crippen LogP contribution in [0.15, 0.2) is 88.1 Å². The number of carboxylic acid groups (broad SMARTS) is 2. The van der Waals surface area contributed by atoms with Gasteiger partial charge < -0.3 is 134 Å². The Labute approximate surface area is 524 Å². The number of carbonyl (C=O) groups is 6. The van der Waals surface area contributed by atoms with Crippen molar-refractivity contribution in [2.45, 2.75) is 111 Å². The zero-order valence-electron chi connectivity index (χ0n) is 47.7. The molecule has 8 rings (SSSR count). The van der Waals surface area contributed by atoms with E-state index in [2.05, 4.69) is 4.74 Å². The van der Waals surface area contributed by atoms with Gasteiger partial charge in [-0.05, 0) is 65.7 Å². The number of ether oxygens (including phenoxy) is 8. The quantitative estimate of drug-likeness (QED) is 0.00580. The predicted octanol–water partition coefficient (Wildman–Crippen LogP) is -3.29. The highest BCUT2D eigenvalue weighted by atomic mass is 17.2. The number of rotatable bonds is 23. The van der Waals surface area contributed by atoms with Crippen LogP contribution in [0.25, 0.3) is 34.8 Å². The van der Waals surface area contributed by atoms with Gasteiger partial charge in [0.05, 0.1) is 12.2 Å². The Morgan fingerprint density at radius 2 is 1.12 bits per heavy atom. The van der Waals surface area contributed by atoms with E-state index in [4.69, 9.17) is 52.5 Å². The number of phenols is 7. The molecule has 4 heterocycles. The van der Waals surface area contributed by atoms with Crippen molar-refractivity contribution in [3.8, 4) is 68.6 Å². The van der Waals surface area contributed by atoms with Gasteiger partial charge in [0.1, 0.15) is 104 Å². The topological polar surface area (TPSA) is 589 Å². The first kappa shape index (κ1) is 70.1. The van der Waals surface area contributed by atoms with Gasteiger partial charge in [-0.15, -0.1) is 0 Å². The molecule has 0 bridgehead atoms. The second-order valence-electron chi connectivity index (χ2n) is 20.9. The van der Waals surface area contributed by atoms with Crippen molar-refractivity contribution in [2.24, 2.45) is 0 Å². The Bertz CT molecular complexity index is 3670. The summed E-state index contributed by atoms with van der Waals surface area (Å²) in [5, 5.41) is 187. The van der Waals surface area contributed by atoms with Crippen LogP contribution in [0, 0.1) is 0 Å². The number of hydrogen-bond donors (Lipinski definition) is 18. The van der Waals surface area contributed by atoms with Crippen LogP contribution in [0.3, 0.4) is 0 Å². The number of aliphatic hydroxyl groups is 9. The number of aliphatic carboxylic acids is 2. The minimum absolute atomic E-state index is 0.125. The van der Waals surface area contributed by atoms with Crippen LogP contribution >= 0.6 is 0 Å². The lowest BCUT2D eigenvalue weighted by atomic mass is 9.88. The van der Waals surface area contributed by atoms with Gasteiger partial charge in [0.15, 0.2) is 64.0 Å². The maximum absolute atomic E-state index is 14.3. The Kier molecular flexibility index (Phi) is 22.3. The van der Waals surface area contributed by atoms with Crippen molar-refractivity contribution >= 4 is 48.0 Å². The number of phenolic OH excluding ortho intramolecular Hbond substituents is 7. The van der Waals surface area contributed by atoms with Gasteiger partial charge in [0.25, 0.3) is 0 Å². The standard InChI is InChI=1S/C58H58O36/c59-17-34-42(72)47(77)54(91-38(68)8-4-21-2-6-27(61)30(64)10-21)58(89-34)94-93-52-46(76)44(74)35(18-85-39(69)16-40(70)92-53(56(82)83)49(79)55(80)81)88-51(52)25-15-24-28(62)13-23(14-33(24)87-50(25)22-11-31(65)41(71)32(66)12-22)86-57-48(78)45(75)43(73)36(90-57)19-84-37(67)7-3-20-1-5-26(60)29(63)9-20/h1-15,34-36,42-49,51-54,57-61,63-66,71-79H,16-19H2,(H,80,81)(H,82,83)/t34-,35-,36-,42-,43-,44+,45+,46+,47+,48-,49?,51+,52-,53?,54-,57-,58+/m1/s1. The van der Waals surface area contributed by atoms with Gasteiger partial charge >= 0.3 is 35.8 Å². The van der Waals surface area contributed by atoms with Gasteiger partial charge in [0.2, 0.25) is 18.7 Å². The molecule has 94 heavy (non-hydrogen) atoms. The molecule has 4 aliphatic heterocycles. The molecule has 3 fully saturated rings. The van der Waals surface area contributed by atoms with Gasteiger partial charge in [-0.2, -0.15) is 4.89 Å². The van der Waals surface area contributed by atoms with Crippen LogP contribution in [0.1, 0.15) is 29.2 Å². The summed E-state index contributed by atoms with van der Waals surface area (Å²) in [6.45, 7) is -3.06. The van der Waals surface area contributed by atoms with Crippen molar-refractivity contribution in [2.75, 3.05) is 19.8 Å². The molecule has 2 unspecified atom stereocenters. The molecule has 18 N–H and O–H groups in total. The number of aromatic hydroxyl groups is 7. The van der Waals surface area contributed by atoms with Crippen LogP contribution < -0.4 is 10.2 Å². The maximum atomic E-state index is 14.3. The van der Waals surface area contributed by atoms with Crippen molar-refractivity contribution in [1.29, 1.82) is 0 Å². The van der Waals surface area contributed by atoms with Crippen molar-refractivity contribution < 1.29 is 173 Å². The zero-order valence-corrected chi connectivity index (χ0v) is 47.7. The van der Waals surface area contributed by atoms with E-state index >= 15 is 0 Å². The van der Waals surface area contributed by atoms with Gasteiger partial charge in [-0.3, -0.25) is 14.4 Å². The minimum Gasteiger partial charge on any atom is -0.504 e. The summed E-state index contributed by atoms with van der Waals surface area (Å²) in [7, 11) is 0. The lowest BCUT2D eigenvalue weighted by Gasteiger charge is -2.44. The molecule has 3 aromatic carbocycles. The number of benzene rings is 4. The summed E-state index contributed by atoms with van der Waals surface area (Å²) in [6.07, 6.45) is -34.6. The first-order valence-electron chi connectivity index (χ1n) is 27.4. The SMILES string of the molecule is O=C(C=Cc1ccc(O)c(O)c1)OC[C@H]1O[C@@H](Oc2cc3oc(-c4cc(O)c(O)c(O)c4)c([C@@H]4O[C@H](COC(=O)CC(=O)OC(C(=O)O)C(O)C(=O)O)[C@H](O)[C@H](O)[C@H]4OO[C@@H]4O[C@H](CO)[C@@H](O)[C@H](O)[C@H]4OC(=O)C=Cc4ccc(O)c(O)c4)cc-3c(=O)c2)[C@H](O)[C@@H](O)[C@@H]1O. The molecule has 5 aliphatic rings. The van der Waals surface area contributed by atoms with E-state index in [-0.39, 0.29) is 11.1 Å². The van der Waals surface area contributed by atoms with Crippen molar-refractivity contribution in [3.63, 3.8) is 0 Å². The largest absolute Gasteiger partial charge is 0.504 e. The molecule has 0 aromatic heterocycles. The Hall–Kier alpha value is -9.77. The van der Waals surface area contributed by atoms with Crippen LogP contribution in [0.2, 0.25) is 0 Å². The average molecular weight is 1330 g/mol. The van der Waals surface area contributed by atoms with Crippen LogP contribution in [0.5, 0.6) is 46.0 Å². The fourth-order valence-electron chi connectivity index (χ4n) is 9.44. The highest BCUT2D eigenvalue weighted by Gasteiger charge is 2.53. The summed E-state index contributed by atoms with van der Waals surface area (Å²) in [5.74, 6) is -16.9. The maximum Gasteiger partial charge on any atom is 0.348 e. The molecule has 506 valence electrons. The monoisotopic (exact) mass is 1330 g/mol. The summed E-state index contributed by atoms with van der Waals surface area (Å²) >= 11 is 0. The number of hydrogen-bond acceptors (Lipinski definition) is 34. The average Bonchev–Trinajstić information content (AvgIpc) is 0.752. The molecule has 0 saturated carbocycles. The number of carboxylic acids is 2. The van der Waals surface area contributed by atoms with Crippen LogP contribution in [-0.2, 0) is 71.7 Å². The van der Waals surface area contributed by atoms with Crippen molar-refractivity contribution in [3.05, 3.63) is 106 Å². The molecule has 36 nitrogen and oxygen atoms in total. The number of esters is 4. The smallest absolute Gasteiger partial charge is 0.348 e. The second-order valence-corrected chi connectivity index (χ2v) is 20.9. The lowest BCUT2D eigenvalue weighted by molar-refractivity contribution is -0.460. The lowest BCUT2D eigenvalue weighted by Crippen LogP contribution is -2.61.